The first-order valence-corrected chi connectivity index (χ1v) is 14.4. The van der Waals surface area contributed by atoms with Crippen molar-refractivity contribution >= 4 is 41.0 Å². The van der Waals surface area contributed by atoms with Crippen LogP contribution in [0, 0.1) is 11.3 Å². The third-order valence-electron chi connectivity index (χ3n) is 6.23. The van der Waals surface area contributed by atoms with Crippen molar-refractivity contribution in [1.82, 2.24) is 10.3 Å². The van der Waals surface area contributed by atoms with Gasteiger partial charge in [-0.25, -0.2) is 9.78 Å². The minimum Gasteiger partial charge on any atom is -0.467 e. The molecule has 4 aromatic rings. The van der Waals surface area contributed by atoms with E-state index in [2.05, 4.69) is 27.0 Å². The van der Waals surface area contributed by atoms with Gasteiger partial charge in [-0.1, -0.05) is 23.7 Å². The minimum atomic E-state index is -0.917. The molecule has 0 aliphatic rings. The second-order valence-electron chi connectivity index (χ2n) is 11.0. The van der Waals surface area contributed by atoms with Crippen LogP contribution in [0.5, 0.6) is 5.75 Å². The molecule has 0 radical (unpaired) electrons. The maximum Gasteiger partial charge on any atom is 0.408 e. The summed E-state index contributed by atoms with van der Waals surface area (Å²) in [4.78, 5) is 42.7. The molecule has 46 heavy (non-hydrogen) atoms. The molecule has 0 saturated carbocycles. The lowest BCUT2D eigenvalue weighted by molar-refractivity contribution is -0.117. The molecule has 1 unspecified atom stereocenters. The monoisotopic (exact) mass is 645 g/mol. The molecule has 0 aliphatic carbocycles. The molecule has 2 heterocycles. The summed E-state index contributed by atoms with van der Waals surface area (Å²) in [6, 6.07) is 17.6. The SMILES string of the molecule is COCOc1cc(Cl)ccc1-c1cc(-c2cccc(NC(=O)C(C)NC(=O)OC(C)(C)C)c2)c(C#N)c(NC(=O)c2ccco2)n1. The summed E-state index contributed by atoms with van der Waals surface area (Å²) in [6.07, 6.45) is 0.624. The van der Waals surface area contributed by atoms with Crippen LogP contribution in [0.2, 0.25) is 5.02 Å². The Hall–Kier alpha value is -5.38. The Morgan fingerprint density at radius 1 is 1.04 bits per heavy atom. The first-order chi connectivity index (χ1) is 21.9. The number of alkyl carbamates (subject to hydrolysis) is 1. The van der Waals surface area contributed by atoms with Crippen molar-refractivity contribution in [2.45, 2.75) is 39.3 Å². The fourth-order valence-corrected chi connectivity index (χ4v) is 4.37. The van der Waals surface area contributed by atoms with Crippen molar-refractivity contribution in [3.8, 4) is 34.2 Å². The Bertz CT molecular complexity index is 1780. The van der Waals surface area contributed by atoms with Crippen LogP contribution in [-0.2, 0) is 14.3 Å². The Labute approximate surface area is 270 Å². The Morgan fingerprint density at radius 2 is 1.83 bits per heavy atom. The number of pyridine rings is 1. The van der Waals surface area contributed by atoms with Crippen molar-refractivity contribution in [1.29, 1.82) is 5.26 Å². The van der Waals surface area contributed by atoms with Crippen LogP contribution >= 0.6 is 11.6 Å². The van der Waals surface area contributed by atoms with Gasteiger partial charge in [-0.05, 0) is 81.8 Å². The number of nitrogens with one attached hydrogen (secondary N) is 3. The number of halogens is 1. The summed E-state index contributed by atoms with van der Waals surface area (Å²) < 4.78 is 21.3. The number of anilines is 2. The molecule has 0 fully saturated rings. The number of carbonyl (C=O) groups is 3. The first kappa shape index (κ1) is 33.5. The van der Waals surface area contributed by atoms with Gasteiger partial charge in [0.2, 0.25) is 5.91 Å². The first-order valence-electron chi connectivity index (χ1n) is 14.0. The number of rotatable bonds is 10. The number of benzene rings is 2. The van der Waals surface area contributed by atoms with Gasteiger partial charge in [-0.3, -0.25) is 9.59 Å². The van der Waals surface area contributed by atoms with Gasteiger partial charge in [0.1, 0.15) is 29.0 Å². The van der Waals surface area contributed by atoms with Crippen LogP contribution in [0.1, 0.15) is 43.8 Å². The molecule has 0 aliphatic heterocycles. The van der Waals surface area contributed by atoms with Crippen LogP contribution < -0.4 is 20.7 Å². The molecular weight excluding hydrogens is 614 g/mol. The maximum atomic E-state index is 13.0. The van der Waals surface area contributed by atoms with E-state index in [4.69, 9.17) is 30.2 Å². The van der Waals surface area contributed by atoms with E-state index in [1.165, 1.54) is 26.4 Å². The standard InChI is InChI=1S/C33H32ClN5O7/c1-19(36-32(42)46-33(2,3)4)30(40)37-22-9-6-8-20(14-22)24-16-26(23-12-11-21(34)15-28(23)45-18-43-5)38-29(25(24)17-35)39-31(41)27-10-7-13-44-27/h6-16,19H,18H2,1-5H3,(H,36,42)(H,37,40)(H,38,39,41). The molecule has 0 bridgehead atoms. The number of nitrogens with zero attached hydrogens (tertiary/aromatic N) is 2. The van der Waals surface area contributed by atoms with E-state index >= 15 is 0 Å². The molecule has 0 spiro atoms. The van der Waals surface area contributed by atoms with Crippen molar-refractivity contribution in [2.24, 2.45) is 0 Å². The molecule has 2 aromatic carbocycles. The fourth-order valence-electron chi connectivity index (χ4n) is 4.21. The predicted molar refractivity (Wildman–Crippen MR) is 171 cm³/mol. The van der Waals surface area contributed by atoms with Gasteiger partial charge in [0, 0.05) is 28.9 Å². The highest BCUT2D eigenvalue weighted by molar-refractivity contribution is 6.30. The zero-order chi connectivity index (χ0) is 33.4. The van der Waals surface area contributed by atoms with Crippen LogP contribution in [0.15, 0.2) is 71.3 Å². The van der Waals surface area contributed by atoms with E-state index in [1.54, 1.807) is 75.4 Å². The van der Waals surface area contributed by atoms with Crippen LogP contribution in [-0.4, -0.2) is 48.4 Å². The summed E-state index contributed by atoms with van der Waals surface area (Å²) in [6.45, 7) is 6.61. The summed E-state index contributed by atoms with van der Waals surface area (Å²) in [7, 11) is 1.48. The molecule has 0 saturated heterocycles. The lowest BCUT2D eigenvalue weighted by atomic mass is 9.97. The molecule has 3 amide bonds. The van der Waals surface area contributed by atoms with Crippen molar-refractivity contribution in [3.05, 3.63) is 83.3 Å². The van der Waals surface area contributed by atoms with Gasteiger partial charge in [0.15, 0.2) is 18.4 Å². The van der Waals surface area contributed by atoms with Crippen molar-refractivity contribution in [3.63, 3.8) is 0 Å². The van der Waals surface area contributed by atoms with E-state index in [0.29, 0.717) is 38.8 Å². The Kier molecular flexibility index (Phi) is 10.6. The molecular formula is C33H32ClN5O7. The van der Waals surface area contributed by atoms with E-state index in [9.17, 15) is 19.6 Å². The van der Waals surface area contributed by atoms with Gasteiger partial charge in [0.25, 0.3) is 5.91 Å². The lowest BCUT2D eigenvalue weighted by Crippen LogP contribution is -2.43. The highest BCUT2D eigenvalue weighted by Gasteiger charge is 2.23. The smallest absolute Gasteiger partial charge is 0.408 e. The summed E-state index contributed by atoms with van der Waals surface area (Å²) in [5.74, 6) is -0.767. The average Bonchev–Trinajstić information content (AvgIpc) is 3.54. The maximum absolute atomic E-state index is 13.0. The van der Waals surface area contributed by atoms with Gasteiger partial charge in [0.05, 0.1) is 12.0 Å². The average molecular weight is 646 g/mol. The highest BCUT2D eigenvalue weighted by Crippen LogP contribution is 2.38. The third-order valence-corrected chi connectivity index (χ3v) is 6.46. The number of furan rings is 1. The summed E-state index contributed by atoms with van der Waals surface area (Å²) >= 11 is 6.24. The highest BCUT2D eigenvalue weighted by atomic mass is 35.5. The number of methoxy groups -OCH3 is 1. The second-order valence-corrected chi connectivity index (χ2v) is 11.4. The number of hydrogen-bond acceptors (Lipinski definition) is 9. The molecule has 12 nitrogen and oxygen atoms in total. The molecule has 238 valence electrons. The minimum absolute atomic E-state index is 0.0204. The molecule has 4 rings (SSSR count). The number of nitriles is 1. The van der Waals surface area contributed by atoms with Crippen molar-refractivity contribution < 1.29 is 33.0 Å². The van der Waals surface area contributed by atoms with Gasteiger partial charge in [-0.2, -0.15) is 5.26 Å². The van der Waals surface area contributed by atoms with E-state index in [-0.39, 0.29) is 23.9 Å². The van der Waals surface area contributed by atoms with E-state index in [1.807, 2.05) is 0 Å². The quantitative estimate of drug-likeness (QED) is 0.161. The largest absolute Gasteiger partial charge is 0.467 e. The zero-order valence-corrected chi connectivity index (χ0v) is 26.5. The molecule has 2 aromatic heterocycles. The fraction of sp³-hybridized carbons (Fsp3) is 0.242. The molecule has 3 N–H and O–H groups in total. The van der Waals surface area contributed by atoms with E-state index in [0.717, 1.165) is 0 Å². The Balaban J connectivity index is 1.75. The van der Waals surface area contributed by atoms with Gasteiger partial charge >= 0.3 is 6.09 Å². The third kappa shape index (κ3) is 8.62. The normalized spacial score (nSPS) is 11.6. The number of amides is 3. The van der Waals surface area contributed by atoms with Gasteiger partial charge in [-0.15, -0.1) is 0 Å². The van der Waals surface area contributed by atoms with Crippen molar-refractivity contribution in [2.75, 3.05) is 24.5 Å². The second kappa shape index (κ2) is 14.6. The summed E-state index contributed by atoms with van der Waals surface area (Å²) in [5, 5.41) is 18.6. The Morgan fingerprint density at radius 3 is 2.50 bits per heavy atom. The molecule has 1 atom stereocenters. The lowest BCUT2D eigenvalue weighted by Gasteiger charge is -2.21. The number of hydrogen-bond donors (Lipinski definition) is 3. The number of aromatic nitrogens is 1. The molecule has 13 heteroatoms. The van der Waals surface area contributed by atoms with Gasteiger partial charge < -0.3 is 34.6 Å². The van der Waals surface area contributed by atoms with Crippen LogP contribution in [0.3, 0.4) is 0 Å². The van der Waals surface area contributed by atoms with Crippen LogP contribution in [0.4, 0.5) is 16.3 Å². The topological polar surface area (TPSA) is 165 Å². The number of carbonyl (C=O) groups excluding carboxylic acids is 3. The van der Waals surface area contributed by atoms with Crippen LogP contribution in [0.25, 0.3) is 22.4 Å². The number of ether oxygens (including phenoxy) is 3. The summed E-state index contributed by atoms with van der Waals surface area (Å²) in [5.41, 5.74) is 1.48. The van der Waals surface area contributed by atoms with E-state index < -0.39 is 29.6 Å². The predicted octanol–water partition coefficient (Wildman–Crippen LogP) is 6.62. The zero-order valence-electron chi connectivity index (χ0n) is 25.8.